The summed E-state index contributed by atoms with van der Waals surface area (Å²) in [5, 5.41) is 3.47. The lowest BCUT2D eigenvalue weighted by atomic mass is 9.75. The monoisotopic (exact) mass is 141 g/mol. The van der Waals surface area contributed by atoms with E-state index < -0.39 is 0 Å². The summed E-state index contributed by atoms with van der Waals surface area (Å²) < 4.78 is 0. The van der Waals surface area contributed by atoms with Crippen LogP contribution in [0.3, 0.4) is 0 Å². The second-order valence-corrected chi connectivity index (χ2v) is 3.52. The van der Waals surface area contributed by atoms with E-state index in [9.17, 15) is 0 Å². The van der Waals surface area contributed by atoms with Crippen LogP contribution in [-0.2, 0) is 0 Å². The van der Waals surface area contributed by atoms with Gasteiger partial charge in [0, 0.05) is 0 Å². The molecule has 1 heteroatoms. The molecule has 10 heavy (non-hydrogen) atoms. The Bertz CT molecular complexity index is 90.7. The normalized spacial score (nSPS) is 31.8. The second-order valence-electron chi connectivity index (χ2n) is 3.52. The van der Waals surface area contributed by atoms with Gasteiger partial charge >= 0.3 is 0 Å². The molecule has 0 aromatic heterocycles. The van der Waals surface area contributed by atoms with Crippen LogP contribution in [0.2, 0.25) is 0 Å². The molecule has 1 nitrogen and oxygen atoms in total. The van der Waals surface area contributed by atoms with E-state index in [0.717, 1.165) is 11.8 Å². The highest BCUT2D eigenvalue weighted by atomic mass is 14.9. The van der Waals surface area contributed by atoms with E-state index in [1.165, 1.54) is 32.4 Å². The average Bonchev–Trinajstić information content (AvgIpc) is 1.95. The van der Waals surface area contributed by atoms with Gasteiger partial charge in [0.25, 0.3) is 0 Å². The lowest BCUT2D eigenvalue weighted by molar-refractivity contribution is 0.191. The van der Waals surface area contributed by atoms with Gasteiger partial charge < -0.3 is 5.32 Å². The maximum atomic E-state index is 3.47. The van der Waals surface area contributed by atoms with Crippen LogP contribution in [0.5, 0.6) is 0 Å². The van der Waals surface area contributed by atoms with Crippen LogP contribution in [0.4, 0.5) is 0 Å². The summed E-state index contributed by atoms with van der Waals surface area (Å²) in [5.74, 6) is 1.98. The molecule has 0 aromatic rings. The zero-order valence-electron chi connectivity index (χ0n) is 7.19. The molecule has 60 valence electrons. The Balaban J connectivity index is 1.92. The quantitative estimate of drug-likeness (QED) is 0.591. The molecule has 1 saturated carbocycles. The summed E-state index contributed by atoms with van der Waals surface area (Å²) in [6, 6.07) is 0. The first-order valence-corrected chi connectivity index (χ1v) is 4.55. The number of nitrogens with one attached hydrogen (secondary N) is 1. The Morgan fingerprint density at radius 3 is 2.60 bits per heavy atom. The third kappa shape index (κ3) is 1.98. The van der Waals surface area contributed by atoms with Crippen molar-refractivity contribution in [1.29, 1.82) is 0 Å². The van der Waals surface area contributed by atoms with Crippen molar-refractivity contribution in [2.75, 3.05) is 13.1 Å². The molecule has 1 fully saturated rings. The van der Waals surface area contributed by atoms with Crippen molar-refractivity contribution in [1.82, 2.24) is 5.32 Å². The Kier molecular flexibility index (Phi) is 3.20. The molecular formula is C9H19N. The van der Waals surface area contributed by atoms with E-state index in [4.69, 9.17) is 0 Å². The summed E-state index contributed by atoms with van der Waals surface area (Å²) in [5.41, 5.74) is 0. The molecule has 1 N–H and O–H groups in total. The van der Waals surface area contributed by atoms with Crippen molar-refractivity contribution in [2.24, 2.45) is 11.8 Å². The minimum atomic E-state index is 0.990. The summed E-state index contributed by atoms with van der Waals surface area (Å²) in [6.45, 7) is 7.04. The van der Waals surface area contributed by atoms with E-state index in [2.05, 4.69) is 19.2 Å². The zero-order valence-corrected chi connectivity index (χ0v) is 7.19. The van der Waals surface area contributed by atoms with E-state index in [0.29, 0.717) is 0 Å². The highest BCUT2D eigenvalue weighted by molar-refractivity contribution is 4.78. The van der Waals surface area contributed by atoms with Gasteiger partial charge in [0.1, 0.15) is 0 Å². The maximum Gasteiger partial charge on any atom is -0.00180 e. The fourth-order valence-electron chi connectivity index (χ4n) is 1.50. The molecule has 0 bridgehead atoms. The van der Waals surface area contributed by atoms with Crippen LogP contribution >= 0.6 is 0 Å². The summed E-state index contributed by atoms with van der Waals surface area (Å²) in [6.07, 6.45) is 4.18. The molecular weight excluding hydrogens is 122 g/mol. The minimum absolute atomic E-state index is 0.990. The predicted octanol–water partition coefficient (Wildman–Crippen LogP) is 2.03. The summed E-state index contributed by atoms with van der Waals surface area (Å²) in [4.78, 5) is 0. The Hall–Kier alpha value is -0.0400. The van der Waals surface area contributed by atoms with Crippen molar-refractivity contribution in [3.63, 3.8) is 0 Å². The van der Waals surface area contributed by atoms with Gasteiger partial charge in [0.15, 0.2) is 0 Å². The molecule has 0 aliphatic heterocycles. The molecule has 0 saturated heterocycles. The first-order chi connectivity index (χ1) is 4.84. The van der Waals surface area contributed by atoms with Gasteiger partial charge in [-0.2, -0.15) is 0 Å². The molecule has 0 heterocycles. The summed E-state index contributed by atoms with van der Waals surface area (Å²) >= 11 is 0. The number of hydrogen-bond acceptors (Lipinski definition) is 1. The van der Waals surface area contributed by atoms with Gasteiger partial charge in [-0.1, -0.05) is 20.3 Å². The lowest BCUT2D eigenvalue weighted by Crippen LogP contribution is -2.33. The second kappa shape index (κ2) is 3.97. The molecule has 2 atom stereocenters. The van der Waals surface area contributed by atoms with Crippen molar-refractivity contribution < 1.29 is 0 Å². The standard InChI is InChI=1S/C9H19N/c1-3-6-10-7-9-5-4-8(9)2/h8-10H,3-7H2,1-2H3/t8-,9-/m0/s1. The summed E-state index contributed by atoms with van der Waals surface area (Å²) in [7, 11) is 0. The molecule has 0 radical (unpaired) electrons. The van der Waals surface area contributed by atoms with E-state index >= 15 is 0 Å². The minimum Gasteiger partial charge on any atom is -0.316 e. The molecule has 1 aliphatic carbocycles. The van der Waals surface area contributed by atoms with E-state index in [1.807, 2.05) is 0 Å². The van der Waals surface area contributed by atoms with Crippen LogP contribution in [0.25, 0.3) is 0 Å². The van der Waals surface area contributed by atoms with Gasteiger partial charge in [-0.05, 0) is 37.8 Å². The van der Waals surface area contributed by atoms with Gasteiger partial charge in [0.05, 0.1) is 0 Å². The lowest BCUT2D eigenvalue weighted by Gasteiger charge is -2.33. The number of rotatable bonds is 4. The van der Waals surface area contributed by atoms with Crippen LogP contribution in [0, 0.1) is 11.8 Å². The highest BCUT2D eigenvalue weighted by Crippen LogP contribution is 2.32. The average molecular weight is 141 g/mol. The van der Waals surface area contributed by atoms with Gasteiger partial charge in [0.2, 0.25) is 0 Å². The molecule has 1 rings (SSSR count). The first-order valence-electron chi connectivity index (χ1n) is 4.55. The molecule has 1 aliphatic rings. The Morgan fingerprint density at radius 2 is 2.20 bits per heavy atom. The molecule has 0 aromatic carbocycles. The maximum absolute atomic E-state index is 3.47. The van der Waals surface area contributed by atoms with Crippen LogP contribution in [0.1, 0.15) is 33.1 Å². The fourth-order valence-corrected chi connectivity index (χ4v) is 1.50. The van der Waals surface area contributed by atoms with Crippen molar-refractivity contribution in [2.45, 2.75) is 33.1 Å². The van der Waals surface area contributed by atoms with Crippen molar-refractivity contribution in [3.8, 4) is 0 Å². The largest absolute Gasteiger partial charge is 0.316 e. The van der Waals surface area contributed by atoms with Gasteiger partial charge in [-0.25, -0.2) is 0 Å². The highest BCUT2D eigenvalue weighted by Gasteiger charge is 2.25. The topological polar surface area (TPSA) is 12.0 Å². The fraction of sp³-hybridized carbons (Fsp3) is 1.00. The molecule has 0 spiro atoms. The zero-order chi connectivity index (χ0) is 7.40. The predicted molar refractivity (Wildman–Crippen MR) is 45.0 cm³/mol. The SMILES string of the molecule is CCCNC[C@@H]1CC[C@@H]1C. The Morgan fingerprint density at radius 1 is 1.40 bits per heavy atom. The van der Waals surface area contributed by atoms with Crippen LogP contribution in [-0.4, -0.2) is 13.1 Å². The van der Waals surface area contributed by atoms with E-state index in [1.54, 1.807) is 0 Å². The van der Waals surface area contributed by atoms with Crippen LogP contribution < -0.4 is 5.32 Å². The van der Waals surface area contributed by atoms with Crippen molar-refractivity contribution in [3.05, 3.63) is 0 Å². The van der Waals surface area contributed by atoms with Gasteiger partial charge in [-0.3, -0.25) is 0 Å². The smallest absolute Gasteiger partial charge is 0.00180 e. The van der Waals surface area contributed by atoms with Crippen molar-refractivity contribution >= 4 is 0 Å². The number of hydrogen-bond donors (Lipinski definition) is 1. The van der Waals surface area contributed by atoms with E-state index in [-0.39, 0.29) is 0 Å². The van der Waals surface area contributed by atoms with Gasteiger partial charge in [-0.15, -0.1) is 0 Å². The molecule has 0 unspecified atom stereocenters. The first kappa shape index (κ1) is 8.06. The molecule has 0 amide bonds. The Labute approximate surface area is 64.2 Å². The third-order valence-electron chi connectivity index (χ3n) is 2.63. The van der Waals surface area contributed by atoms with Crippen LogP contribution in [0.15, 0.2) is 0 Å². The third-order valence-corrected chi connectivity index (χ3v) is 2.63.